The minimum absolute atomic E-state index is 0.320. The Morgan fingerprint density at radius 1 is 1.47 bits per heavy atom. The summed E-state index contributed by atoms with van der Waals surface area (Å²) in [6.45, 7) is 3.21. The van der Waals surface area contributed by atoms with Gasteiger partial charge in [-0.3, -0.25) is 4.98 Å². The first-order valence-electron chi connectivity index (χ1n) is 7.10. The third-order valence-corrected chi connectivity index (χ3v) is 3.66. The van der Waals surface area contributed by atoms with Crippen molar-refractivity contribution in [2.24, 2.45) is 0 Å². The standard InChI is InChI=1S/C15H20N4/c1-2-3-6-13-10-15-17-9-7-14(19(15)18-13)12-5-4-8-16-11-12/h4-5,8,10-11,14,17H,2-3,6-7,9H2,1H3. The van der Waals surface area contributed by atoms with Crippen LogP contribution in [0.3, 0.4) is 0 Å². The molecule has 2 aromatic heterocycles. The molecule has 4 heteroatoms. The number of aromatic nitrogens is 3. The molecule has 1 aliphatic rings. The van der Waals surface area contributed by atoms with E-state index in [0.29, 0.717) is 6.04 Å². The molecule has 1 aliphatic heterocycles. The second kappa shape index (κ2) is 5.43. The largest absolute Gasteiger partial charge is 0.370 e. The third kappa shape index (κ3) is 2.48. The van der Waals surface area contributed by atoms with Gasteiger partial charge in [0.1, 0.15) is 5.82 Å². The molecule has 0 saturated heterocycles. The summed E-state index contributed by atoms with van der Waals surface area (Å²) >= 11 is 0. The molecule has 2 aromatic rings. The topological polar surface area (TPSA) is 42.7 Å². The van der Waals surface area contributed by atoms with Gasteiger partial charge in [-0.15, -0.1) is 0 Å². The molecular formula is C15H20N4. The molecule has 0 bridgehead atoms. The highest BCUT2D eigenvalue weighted by atomic mass is 15.4. The lowest BCUT2D eigenvalue weighted by Gasteiger charge is -2.25. The van der Waals surface area contributed by atoms with E-state index in [1.165, 1.54) is 24.1 Å². The smallest absolute Gasteiger partial charge is 0.125 e. The van der Waals surface area contributed by atoms with Gasteiger partial charge in [0, 0.05) is 25.0 Å². The van der Waals surface area contributed by atoms with Crippen LogP contribution >= 0.6 is 0 Å². The average molecular weight is 256 g/mol. The van der Waals surface area contributed by atoms with Crippen LogP contribution in [0.15, 0.2) is 30.6 Å². The molecule has 0 amide bonds. The number of nitrogens with zero attached hydrogens (tertiary/aromatic N) is 3. The summed E-state index contributed by atoms with van der Waals surface area (Å²) in [5, 5.41) is 8.21. The number of anilines is 1. The number of nitrogens with one attached hydrogen (secondary N) is 1. The van der Waals surface area contributed by atoms with Crippen LogP contribution < -0.4 is 5.32 Å². The van der Waals surface area contributed by atoms with E-state index in [4.69, 9.17) is 5.10 Å². The maximum atomic E-state index is 4.77. The van der Waals surface area contributed by atoms with Crippen molar-refractivity contribution in [3.63, 3.8) is 0 Å². The van der Waals surface area contributed by atoms with E-state index in [0.717, 1.165) is 25.2 Å². The summed E-state index contributed by atoms with van der Waals surface area (Å²) in [5.41, 5.74) is 2.44. The first kappa shape index (κ1) is 12.2. The van der Waals surface area contributed by atoms with Gasteiger partial charge >= 0.3 is 0 Å². The van der Waals surface area contributed by atoms with Crippen molar-refractivity contribution in [3.05, 3.63) is 41.9 Å². The van der Waals surface area contributed by atoms with Crippen LogP contribution in [0.2, 0.25) is 0 Å². The number of unbranched alkanes of at least 4 members (excludes halogenated alkanes) is 1. The maximum absolute atomic E-state index is 4.77. The maximum Gasteiger partial charge on any atom is 0.125 e. The number of aryl methyl sites for hydroxylation is 1. The first-order valence-corrected chi connectivity index (χ1v) is 7.10. The Hall–Kier alpha value is -1.84. The minimum atomic E-state index is 0.320. The molecule has 0 aromatic carbocycles. The molecule has 3 rings (SSSR count). The Balaban J connectivity index is 1.89. The summed E-state index contributed by atoms with van der Waals surface area (Å²) in [5.74, 6) is 1.14. The van der Waals surface area contributed by atoms with Gasteiger partial charge in [0.15, 0.2) is 0 Å². The fourth-order valence-electron chi connectivity index (χ4n) is 2.63. The summed E-state index contributed by atoms with van der Waals surface area (Å²) in [6, 6.07) is 6.65. The van der Waals surface area contributed by atoms with E-state index in [2.05, 4.69) is 34.0 Å². The molecule has 3 heterocycles. The fraction of sp³-hybridized carbons (Fsp3) is 0.467. The van der Waals surface area contributed by atoms with Crippen molar-refractivity contribution in [2.75, 3.05) is 11.9 Å². The Bertz CT molecular complexity index is 532. The average Bonchev–Trinajstić information content (AvgIpc) is 2.88. The summed E-state index contributed by atoms with van der Waals surface area (Å²) in [7, 11) is 0. The summed E-state index contributed by atoms with van der Waals surface area (Å²) in [6.07, 6.45) is 8.32. The zero-order valence-corrected chi connectivity index (χ0v) is 11.3. The second-order valence-corrected chi connectivity index (χ2v) is 5.09. The van der Waals surface area contributed by atoms with E-state index in [1.54, 1.807) is 0 Å². The highest BCUT2D eigenvalue weighted by molar-refractivity contribution is 5.41. The molecule has 1 unspecified atom stereocenters. The molecule has 0 saturated carbocycles. The highest BCUT2D eigenvalue weighted by Crippen LogP contribution is 2.29. The van der Waals surface area contributed by atoms with Crippen LogP contribution in [0.1, 0.15) is 43.5 Å². The lowest BCUT2D eigenvalue weighted by Crippen LogP contribution is -2.24. The van der Waals surface area contributed by atoms with E-state index in [-0.39, 0.29) is 0 Å². The van der Waals surface area contributed by atoms with E-state index in [1.807, 2.05) is 18.5 Å². The summed E-state index contributed by atoms with van der Waals surface area (Å²) < 4.78 is 2.13. The van der Waals surface area contributed by atoms with Crippen LogP contribution in [0.5, 0.6) is 0 Å². The molecule has 1 N–H and O–H groups in total. The molecule has 19 heavy (non-hydrogen) atoms. The molecule has 100 valence electrons. The van der Waals surface area contributed by atoms with E-state index >= 15 is 0 Å². The van der Waals surface area contributed by atoms with Crippen molar-refractivity contribution in [1.29, 1.82) is 0 Å². The van der Waals surface area contributed by atoms with Crippen LogP contribution in [0, 0.1) is 0 Å². The lowest BCUT2D eigenvalue weighted by molar-refractivity contribution is 0.476. The predicted molar refractivity (Wildman–Crippen MR) is 76.3 cm³/mol. The molecule has 0 spiro atoms. The van der Waals surface area contributed by atoms with Crippen molar-refractivity contribution in [3.8, 4) is 0 Å². The molecule has 0 fully saturated rings. The Morgan fingerprint density at radius 3 is 3.21 bits per heavy atom. The van der Waals surface area contributed by atoms with Crippen LogP contribution in [-0.4, -0.2) is 21.3 Å². The number of pyridine rings is 1. The van der Waals surface area contributed by atoms with Gasteiger partial charge in [-0.05, 0) is 30.9 Å². The van der Waals surface area contributed by atoms with Gasteiger partial charge in [0.25, 0.3) is 0 Å². The van der Waals surface area contributed by atoms with Crippen LogP contribution in [0.4, 0.5) is 5.82 Å². The first-order chi connectivity index (χ1) is 9.38. The molecule has 0 aliphatic carbocycles. The van der Waals surface area contributed by atoms with Crippen LogP contribution in [-0.2, 0) is 6.42 Å². The van der Waals surface area contributed by atoms with Gasteiger partial charge in [0.2, 0.25) is 0 Å². The third-order valence-electron chi connectivity index (χ3n) is 3.66. The molecule has 4 nitrogen and oxygen atoms in total. The van der Waals surface area contributed by atoms with Crippen molar-refractivity contribution in [2.45, 2.75) is 38.6 Å². The van der Waals surface area contributed by atoms with Gasteiger partial charge in [-0.2, -0.15) is 5.10 Å². The normalized spacial score (nSPS) is 17.8. The Morgan fingerprint density at radius 2 is 2.42 bits per heavy atom. The molecular weight excluding hydrogens is 236 g/mol. The quantitative estimate of drug-likeness (QED) is 0.914. The Labute approximate surface area is 113 Å². The zero-order valence-electron chi connectivity index (χ0n) is 11.3. The summed E-state index contributed by atoms with van der Waals surface area (Å²) in [4.78, 5) is 4.23. The second-order valence-electron chi connectivity index (χ2n) is 5.09. The molecule has 1 atom stereocenters. The fourth-order valence-corrected chi connectivity index (χ4v) is 2.63. The van der Waals surface area contributed by atoms with Crippen molar-refractivity contribution < 1.29 is 0 Å². The van der Waals surface area contributed by atoms with E-state index in [9.17, 15) is 0 Å². The van der Waals surface area contributed by atoms with Gasteiger partial charge < -0.3 is 5.32 Å². The highest BCUT2D eigenvalue weighted by Gasteiger charge is 2.22. The van der Waals surface area contributed by atoms with Gasteiger partial charge in [-0.1, -0.05) is 19.4 Å². The molecule has 0 radical (unpaired) electrons. The monoisotopic (exact) mass is 256 g/mol. The number of hydrogen-bond acceptors (Lipinski definition) is 3. The number of fused-ring (bicyclic) bond motifs is 1. The van der Waals surface area contributed by atoms with Crippen LogP contribution in [0.25, 0.3) is 0 Å². The number of rotatable bonds is 4. The van der Waals surface area contributed by atoms with Crippen molar-refractivity contribution >= 4 is 5.82 Å². The van der Waals surface area contributed by atoms with Crippen molar-refractivity contribution in [1.82, 2.24) is 14.8 Å². The minimum Gasteiger partial charge on any atom is -0.370 e. The predicted octanol–water partition coefficient (Wildman–Crippen LogP) is 3.03. The van der Waals surface area contributed by atoms with Gasteiger partial charge in [-0.25, -0.2) is 4.68 Å². The Kier molecular flexibility index (Phi) is 3.49. The zero-order chi connectivity index (χ0) is 13.1. The lowest BCUT2D eigenvalue weighted by atomic mass is 10.0. The van der Waals surface area contributed by atoms with Gasteiger partial charge in [0.05, 0.1) is 11.7 Å². The van der Waals surface area contributed by atoms with E-state index < -0.39 is 0 Å². The SMILES string of the molecule is CCCCc1cc2n(n1)C(c1cccnc1)CCN2. The number of hydrogen-bond donors (Lipinski definition) is 1.